The normalized spacial score (nSPS) is 22.9. The van der Waals surface area contributed by atoms with Crippen LogP contribution in [0.3, 0.4) is 0 Å². The van der Waals surface area contributed by atoms with E-state index in [1.807, 2.05) is 30.0 Å². The molecule has 3 nitrogen and oxygen atoms in total. The summed E-state index contributed by atoms with van der Waals surface area (Å²) in [5.74, 6) is 0.142. The van der Waals surface area contributed by atoms with Gasteiger partial charge in [-0.1, -0.05) is 19.9 Å². The predicted octanol–water partition coefficient (Wildman–Crippen LogP) is 3.36. The first-order valence-electron chi connectivity index (χ1n) is 7.37. The zero-order valence-electron chi connectivity index (χ0n) is 12.4. The van der Waals surface area contributed by atoms with Crippen molar-refractivity contribution in [2.24, 2.45) is 0 Å². The summed E-state index contributed by atoms with van der Waals surface area (Å²) in [5.41, 5.74) is 1.93. The van der Waals surface area contributed by atoms with Crippen LogP contribution in [0.1, 0.15) is 42.6 Å². The minimum absolute atomic E-state index is 0.142. The molecule has 1 fully saturated rings. The monoisotopic (exact) mass is 338 g/mol. The van der Waals surface area contributed by atoms with Crippen LogP contribution in [0.2, 0.25) is 0 Å². The molecule has 4 heteroatoms. The number of hydrogen-bond donors (Lipinski definition) is 1. The van der Waals surface area contributed by atoms with Crippen LogP contribution in [0.15, 0.2) is 22.7 Å². The molecular formula is C16H23BrN2O. The second-order valence-corrected chi connectivity index (χ2v) is 6.37. The van der Waals surface area contributed by atoms with Crippen LogP contribution in [0, 0.1) is 6.92 Å². The summed E-state index contributed by atoms with van der Waals surface area (Å²) in [6.45, 7) is 8.03. The molecule has 1 amide bonds. The number of rotatable bonds is 3. The first kappa shape index (κ1) is 15.5. The Morgan fingerprint density at radius 2 is 2.15 bits per heavy atom. The molecule has 2 unspecified atom stereocenters. The third-order valence-corrected chi connectivity index (χ3v) is 4.74. The average Bonchev–Trinajstić information content (AvgIpc) is 2.46. The quantitative estimate of drug-likeness (QED) is 0.916. The van der Waals surface area contributed by atoms with Gasteiger partial charge in [0, 0.05) is 29.6 Å². The Bertz CT molecular complexity index is 489. The highest BCUT2D eigenvalue weighted by molar-refractivity contribution is 9.10. The lowest BCUT2D eigenvalue weighted by molar-refractivity contribution is 0.0575. The molecule has 1 heterocycles. The molecule has 0 radical (unpaired) electrons. The van der Waals surface area contributed by atoms with E-state index in [-0.39, 0.29) is 5.91 Å². The van der Waals surface area contributed by atoms with Crippen LogP contribution in [0.25, 0.3) is 0 Å². The number of nitrogens with zero attached hydrogens (tertiary/aromatic N) is 1. The molecule has 0 spiro atoms. The van der Waals surface area contributed by atoms with Crippen molar-refractivity contribution in [3.05, 3.63) is 33.8 Å². The first-order chi connectivity index (χ1) is 9.56. The van der Waals surface area contributed by atoms with Gasteiger partial charge in [0.2, 0.25) is 0 Å². The number of halogens is 1. The molecule has 1 aliphatic heterocycles. The molecule has 0 aromatic heterocycles. The largest absolute Gasteiger partial charge is 0.333 e. The zero-order valence-corrected chi connectivity index (χ0v) is 14.0. The molecule has 1 aromatic carbocycles. The van der Waals surface area contributed by atoms with Crippen molar-refractivity contribution >= 4 is 21.8 Å². The number of nitrogens with one attached hydrogen (secondary N) is 1. The fourth-order valence-corrected chi connectivity index (χ4v) is 3.36. The maximum atomic E-state index is 12.8. The smallest absolute Gasteiger partial charge is 0.255 e. The fourth-order valence-electron chi connectivity index (χ4n) is 2.70. The van der Waals surface area contributed by atoms with Crippen LogP contribution in [0.5, 0.6) is 0 Å². The Hall–Kier alpha value is -0.870. The third kappa shape index (κ3) is 3.23. The van der Waals surface area contributed by atoms with Crippen LogP contribution in [-0.4, -0.2) is 36.0 Å². The number of piperazine rings is 1. The van der Waals surface area contributed by atoms with Crippen molar-refractivity contribution in [1.82, 2.24) is 10.2 Å². The van der Waals surface area contributed by atoms with Crippen LogP contribution < -0.4 is 5.32 Å². The van der Waals surface area contributed by atoms with Crippen molar-refractivity contribution in [3.63, 3.8) is 0 Å². The van der Waals surface area contributed by atoms with E-state index in [2.05, 4.69) is 35.1 Å². The zero-order chi connectivity index (χ0) is 14.7. The minimum Gasteiger partial charge on any atom is -0.333 e. The average molecular weight is 339 g/mol. The number of aryl methyl sites for hydroxylation is 1. The van der Waals surface area contributed by atoms with Crippen molar-refractivity contribution in [2.75, 3.05) is 13.1 Å². The lowest BCUT2D eigenvalue weighted by atomic mass is 10.0. The maximum absolute atomic E-state index is 12.8. The molecule has 1 saturated heterocycles. The SMILES string of the molecule is CCC1CN(C(=O)c2ccc(C)cc2Br)C(CC)CN1. The molecular weight excluding hydrogens is 316 g/mol. The van der Waals surface area contributed by atoms with Gasteiger partial charge in [0.1, 0.15) is 0 Å². The summed E-state index contributed by atoms with van der Waals surface area (Å²) >= 11 is 3.53. The fraction of sp³-hybridized carbons (Fsp3) is 0.562. The number of benzene rings is 1. The van der Waals surface area contributed by atoms with E-state index in [0.717, 1.165) is 41.5 Å². The Labute approximate surface area is 129 Å². The van der Waals surface area contributed by atoms with Gasteiger partial charge in [-0.05, 0) is 53.4 Å². The molecule has 0 saturated carbocycles. The molecule has 0 aliphatic carbocycles. The second kappa shape index (κ2) is 6.72. The predicted molar refractivity (Wildman–Crippen MR) is 86.1 cm³/mol. The van der Waals surface area contributed by atoms with Gasteiger partial charge in [-0.15, -0.1) is 0 Å². The summed E-state index contributed by atoms with van der Waals surface area (Å²) < 4.78 is 0.893. The summed E-state index contributed by atoms with van der Waals surface area (Å²) in [4.78, 5) is 14.9. The molecule has 1 aliphatic rings. The lowest BCUT2D eigenvalue weighted by Crippen LogP contribution is -2.57. The minimum atomic E-state index is 0.142. The Kier molecular flexibility index (Phi) is 5.22. The standard InChI is InChI=1S/C16H23BrN2O/c1-4-12-10-19(13(5-2)9-18-12)16(20)14-7-6-11(3)8-15(14)17/h6-8,12-13,18H,4-5,9-10H2,1-3H3. The van der Waals surface area contributed by atoms with Crippen LogP contribution in [-0.2, 0) is 0 Å². The molecule has 2 atom stereocenters. The van der Waals surface area contributed by atoms with Crippen molar-refractivity contribution in [2.45, 2.75) is 45.7 Å². The van der Waals surface area contributed by atoms with Crippen LogP contribution >= 0.6 is 15.9 Å². The van der Waals surface area contributed by atoms with Crippen molar-refractivity contribution < 1.29 is 4.79 Å². The summed E-state index contributed by atoms with van der Waals surface area (Å²) in [5, 5.41) is 3.52. The van der Waals surface area contributed by atoms with Gasteiger partial charge in [-0.3, -0.25) is 4.79 Å². The summed E-state index contributed by atoms with van der Waals surface area (Å²) in [6.07, 6.45) is 2.04. The van der Waals surface area contributed by atoms with E-state index in [1.54, 1.807) is 0 Å². The number of hydrogen-bond acceptors (Lipinski definition) is 2. The molecule has 2 rings (SSSR count). The van der Waals surface area contributed by atoms with Gasteiger partial charge in [0.15, 0.2) is 0 Å². The Balaban J connectivity index is 2.24. The Morgan fingerprint density at radius 3 is 2.75 bits per heavy atom. The highest BCUT2D eigenvalue weighted by atomic mass is 79.9. The van der Waals surface area contributed by atoms with Gasteiger partial charge >= 0.3 is 0 Å². The molecule has 1 N–H and O–H groups in total. The molecule has 0 bridgehead atoms. The van der Waals surface area contributed by atoms with Crippen molar-refractivity contribution in [3.8, 4) is 0 Å². The third-order valence-electron chi connectivity index (χ3n) is 4.08. The number of carbonyl (C=O) groups excluding carboxylic acids is 1. The van der Waals surface area contributed by atoms with Gasteiger partial charge in [-0.25, -0.2) is 0 Å². The highest BCUT2D eigenvalue weighted by Crippen LogP contribution is 2.23. The molecule has 20 heavy (non-hydrogen) atoms. The van der Waals surface area contributed by atoms with Gasteiger partial charge in [0.05, 0.1) is 5.56 Å². The van der Waals surface area contributed by atoms with E-state index in [4.69, 9.17) is 0 Å². The number of carbonyl (C=O) groups is 1. The Morgan fingerprint density at radius 1 is 1.40 bits per heavy atom. The van der Waals surface area contributed by atoms with Gasteiger partial charge in [-0.2, -0.15) is 0 Å². The lowest BCUT2D eigenvalue weighted by Gasteiger charge is -2.40. The maximum Gasteiger partial charge on any atom is 0.255 e. The van der Waals surface area contributed by atoms with Gasteiger partial charge in [0.25, 0.3) is 5.91 Å². The summed E-state index contributed by atoms with van der Waals surface area (Å²) in [6, 6.07) is 6.63. The van der Waals surface area contributed by atoms with E-state index in [0.29, 0.717) is 12.1 Å². The van der Waals surface area contributed by atoms with E-state index in [9.17, 15) is 4.79 Å². The second-order valence-electron chi connectivity index (χ2n) is 5.52. The van der Waals surface area contributed by atoms with Crippen molar-refractivity contribution in [1.29, 1.82) is 0 Å². The van der Waals surface area contributed by atoms with Gasteiger partial charge < -0.3 is 10.2 Å². The first-order valence-corrected chi connectivity index (χ1v) is 8.16. The van der Waals surface area contributed by atoms with E-state index in [1.165, 1.54) is 0 Å². The molecule has 1 aromatic rings. The highest BCUT2D eigenvalue weighted by Gasteiger charge is 2.30. The van der Waals surface area contributed by atoms with E-state index < -0.39 is 0 Å². The number of amides is 1. The molecule has 110 valence electrons. The van der Waals surface area contributed by atoms with Crippen LogP contribution in [0.4, 0.5) is 0 Å². The topological polar surface area (TPSA) is 32.3 Å². The van der Waals surface area contributed by atoms with E-state index >= 15 is 0 Å². The summed E-state index contributed by atoms with van der Waals surface area (Å²) in [7, 11) is 0.